The van der Waals surface area contributed by atoms with Gasteiger partial charge in [-0.25, -0.2) is 0 Å². The molecule has 0 saturated carbocycles. The van der Waals surface area contributed by atoms with Crippen LogP contribution in [-0.4, -0.2) is 0 Å². The van der Waals surface area contributed by atoms with E-state index in [2.05, 4.69) is 254 Å². The molecule has 0 aliphatic carbocycles. The molecular weight excluding hydrogens is 799 g/mol. The number of para-hydroxylation sites is 2. The van der Waals surface area contributed by atoms with E-state index in [1.54, 1.807) is 0 Å². The Morgan fingerprint density at radius 3 is 1.62 bits per heavy atom. The van der Waals surface area contributed by atoms with E-state index in [-0.39, 0.29) is 0 Å². The fourth-order valence-corrected chi connectivity index (χ4v) is 9.72. The van der Waals surface area contributed by atoms with E-state index in [1.807, 2.05) is 12.1 Å². The molecule has 0 fully saturated rings. The Balaban J connectivity index is 1.06. The summed E-state index contributed by atoms with van der Waals surface area (Å²) in [6.07, 6.45) is 0. The number of fused-ring (bicyclic) bond motifs is 4. The Morgan fingerprint density at radius 1 is 0.242 bits per heavy atom. The third kappa shape index (κ3) is 7.12. The molecule has 12 aromatic rings. The monoisotopic (exact) mass is 841 g/mol. The second-order valence-electron chi connectivity index (χ2n) is 16.8. The molecule has 12 rings (SSSR count). The highest BCUT2D eigenvalue weighted by Crippen LogP contribution is 2.47. The summed E-state index contributed by atoms with van der Waals surface area (Å²) in [7, 11) is 0. The number of rotatable bonds is 9. The third-order valence-corrected chi connectivity index (χ3v) is 12.9. The normalized spacial score (nSPS) is 11.3. The van der Waals surface area contributed by atoms with E-state index in [0.29, 0.717) is 0 Å². The Labute approximate surface area is 384 Å². The maximum absolute atomic E-state index is 6.32. The molecule has 0 saturated heterocycles. The predicted octanol–water partition coefficient (Wildman–Crippen LogP) is 18.2. The Morgan fingerprint density at radius 2 is 0.788 bits per heavy atom. The SMILES string of the molecule is c1ccc(-c2ccc(-c3ccccc3-c3ccccc3)c(-c3ccccc3N(c3ccc(-c4ccc5c(c4)oc4ccccc45)cc3)c3cccc(-c4cccc5ccccc45)c3)c2)cc1. The number of anilines is 3. The fourth-order valence-electron chi connectivity index (χ4n) is 9.72. The maximum Gasteiger partial charge on any atom is 0.136 e. The molecule has 0 unspecified atom stereocenters. The molecule has 66 heavy (non-hydrogen) atoms. The van der Waals surface area contributed by atoms with Crippen LogP contribution in [0.15, 0.2) is 265 Å². The summed E-state index contributed by atoms with van der Waals surface area (Å²) >= 11 is 0. The second kappa shape index (κ2) is 16.8. The van der Waals surface area contributed by atoms with Crippen molar-refractivity contribution in [3.05, 3.63) is 261 Å². The van der Waals surface area contributed by atoms with E-state index in [0.717, 1.165) is 72.4 Å². The lowest BCUT2D eigenvalue weighted by Crippen LogP contribution is -2.11. The van der Waals surface area contributed by atoms with Crippen LogP contribution >= 0.6 is 0 Å². The zero-order valence-corrected chi connectivity index (χ0v) is 36.2. The summed E-state index contributed by atoms with van der Waals surface area (Å²) in [5.41, 5.74) is 18.9. The van der Waals surface area contributed by atoms with E-state index >= 15 is 0 Å². The van der Waals surface area contributed by atoms with Crippen molar-refractivity contribution in [1.82, 2.24) is 0 Å². The summed E-state index contributed by atoms with van der Waals surface area (Å²) in [6, 6.07) is 94.1. The van der Waals surface area contributed by atoms with Crippen molar-refractivity contribution in [2.45, 2.75) is 0 Å². The summed E-state index contributed by atoms with van der Waals surface area (Å²) in [6.45, 7) is 0. The van der Waals surface area contributed by atoms with Gasteiger partial charge in [0, 0.05) is 27.7 Å². The van der Waals surface area contributed by atoms with Crippen LogP contribution in [0.1, 0.15) is 0 Å². The highest BCUT2D eigenvalue weighted by atomic mass is 16.3. The van der Waals surface area contributed by atoms with Gasteiger partial charge >= 0.3 is 0 Å². The average molecular weight is 842 g/mol. The molecule has 11 aromatic carbocycles. The third-order valence-electron chi connectivity index (χ3n) is 12.9. The molecular formula is C64H43NO. The van der Waals surface area contributed by atoms with Crippen LogP contribution in [-0.2, 0) is 0 Å². The van der Waals surface area contributed by atoms with Gasteiger partial charge in [0.2, 0.25) is 0 Å². The smallest absolute Gasteiger partial charge is 0.136 e. The van der Waals surface area contributed by atoms with Crippen LogP contribution in [0.5, 0.6) is 0 Å². The van der Waals surface area contributed by atoms with Crippen LogP contribution in [0.3, 0.4) is 0 Å². The first-order valence-corrected chi connectivity index (χ1v) is 22.6. The Bertz CT molecular complexity index is 3690. The van der Waals surface area contributed by atoms with Gasteiger partial charge in [0.05, 0.1) is 5.69 Å². The Kier molecular flexibility index (Phi) is 9.89. The Hall–Kier alpha value is -8.72. The number of nitrogens with zero attached hydrogens (tertiary/aromatic N) is 1. The molecule has 1 aromatic heterocycles. The minimum atomic E-state index is 0.890. The van der Waals surface area contributed by atoms with Crippen LogP contribution in [0.25, 0.3) is 99.5 Å². The van der Waals surface area contributed by atoms with Gasteiger partial charge in [-0.2, -0.15) is 0 Å². The molecule has 2 nitrogen and oxygen atoms in total. The number of hydrogen-bond acceptors (Lipinski definition) is 2. The predicted molar refractivity (Wildman–Crippen MR) is 279 cm³/mol. The molecule has 310 valence electrons. The molecule has 0 bridgehead atoms. The van der Waals surface area contributed by atoms with Crippen LogP contribution in [0, 0.1) is 0 Å². The van der Waals surface area contributed by atoms with Gasteiger partial charge in [0.15, 0.2) is 0 Å². The van der Waals surface area contributed by atoms with Crippen molar-refractivity contribution in [2.24, 2.45) is 0 Å². The van der Waals surface area contributed by atoms with Crippen LogP contribution < -0.4 is 4.90 Å². The number of hydrogen-bond donors (Lipinski definition) is 0. The van der Waals surface area contributed by atoms with Crippen molar-refractivity contribution in [3.8, 4) is 66.8 Å². The van der Waals surface area contributed by atoms with Gasteiger partial charge in [0.25, 0.3) is 0 Å². The maximum atomic E-state index is 6.32. The zero-order chi connectivity index (χ0) is 43.8. The van der Waals surface area contributed by atoms with Crippen LogP contribution in [0.4, 0.5) is 17.1 Å². The molecule has 0 radical (unpaired) electrons. The second-order valence-corrected chi connectivity index (χ2v) is 16.8. The highest BCUT2D eigenvalue weighted by Gasteiger charge is 2.22. The molecule has 0 N–H and O–H groups in total. The minimum Gasteiger partial charge on any atom is -0.456 e. The molecule has 0 spiro atoms. The van der Waals surface area contributed by atoms with Crippen molar-refractivity contribution < 1.29 is 4.42 Å². The first-order valence-electron chi connectivity index (χ1n) is 22.6. The standard InChI is InChI=1S/C64H43NO/c1-3-17-44(18-4-1)48-35-39-57(56-27-10-9-26-54(56)46-19-5-2-6-20-46)61(42-48)58-28-11-13-31-62(58)65(52-24-15-23-50(41-52)55-30-16-22-47-21-7-8-25-53(47)55)51-37-33-45(34-38-51)49-36-40-60-59-29-12-14-32-63(59)66-64(60)43-49/h1-43H. The van der Waals surface area contributed by atoms with Crippen molar-refractivity contribution in [3.63, 3.8) is 0 Å². The van der Waals surface area contributed by atoms with E-state index < -0.39 is 0 Å². The summed E-state index contributed by atoms with van der Waals surface area (Å²) in [4.78, 5) is 2.43. The molecule has 0 amide bonds. The van der Waals surface area contributed by atoms with Crippen LogP contribution in [0.2, 0.25) is 0 Å². The lowest BCUT2D eigenvalue weighted by atomic mass is 9.86. The van der Waals surface area contributed by atoms with Gasteiger partial charge in [-0.1, -0.05) is 206 Å². The number of benzene rings is 11. The average Bonchev–Trinajstić information content (AvgIpc) is 3.77. The minimum absolute atomic E-state index is 0.890. The van der Waals surface area contributed by atoms with Gasteiger partial charge in [-0.05, 0) is 127 Å². The largest absolute Gasteiger partial charge is 0.456 e. The van der Waals surface area contributed by atoms with Crippen molar-refractivity contribution in [2.75, 3.05) is 4.90 Å². The van der Waals surface area contributed by atoms with Gasteiger partial charge in [0.1, 0.15) is 11.2 Å². The lowest BCUT2D eigenvalue weighted by molar-refractivity contribution is 0.669. The molecule has 0 atom stereocenters. The molecule has 0 aliphatic rings. The summed E-state index contributed by atoms with van der Waals surface area (Å²) < 4.78 is 6.32. The van der Waals surface area contributed by atoms with Crippen molar-refractivity contribution in [1.29, 1.82) is 0 Å². The first-order chi connectivity index (χ1) is 32.7. The van der Waals surface area contributed by atoms with Gasteiger partial charge in [-0.15, -0.1) is 0 Å². The quantitative estimate of drug-likeness (QED) is 0.144. The number of furan rings is 1. The summed E-state index contributed by atoms with van der Waals surface area (Å²) in [5.74, 6) is 0. The van der Waals surface area contributed by atoms with Crippen molar-refractivity contribution >= 4 is 49.8 Å². The summed E-state index contributed by atoms with van der Waals surface area (Å²) in [5, 5.41) is 4.72. The van der Waals surface area contributed by atoms with Gasteiger partial charge < -0.3 is 9.32 Å². The fraction of sp³-hybridized carbons (Fsp3) is 0. The van der Waals surface area contributed by atoms with E-state index in [1.165, 1.54) is 44.2 Å². The molecule has 2 heteroatoms. The van der Waals surface area contributed by atoms with E-state index in [4.69, 9.17) is 4.42 Å². The van der Waals surface area contributed by atoms with Gasteiger partial charge in [-0.3, -0.25) is 0 Å². The highest BCUT2D eigenvalue weighted by molar-refractivity contribution is 6.06. The molecule has 1 heterocycles. The lowest BCUT2D eigenvalue weighted by Gasteiger charge is -2.29. The first kappa shape index (κ1) is 38.9. The van der Waals surface area contributed by atoms with E-state index in [9.17, 15) is 0 Å². The molecule has 0 aliphatic heterocycles. The topological polar surface area (TPSA) is 16.4 Å². The zero-order valence-electron chi connectivity index (χ0n) is 36.2.